The first kappa shape index (κ1) is 13.4. The number of carboxylic acids is 1. The van der Waals surface area contributed by atoms with Crippen LogP contribution in [0.15, 0.2) is 18.0 Å². The Morgan fingerprint density at radius 2 is 2.41 bits per heavy atom. The van der Waals surface area contributed by atoms with Gasteiger partial charge >= 0.3 is 5.97 Å². The number of aliphatic carboxylic acids is 1. The SMILES string of the molecule is CCC(=CCNCCc1ncn(C)n1)C(=O)O. The number of hydrogen-bond donors (Lipinski definition) is 2. The molecule has 1 aromatic rings. The molecule has 0 amide bonds. The second kappa shape index (κ2) is 6.80. The van der Waals surface area contributed by atoms with Crippen LogP contribution in [0.4, 0.5) is 0 Å². The van der Waals surface area contributed by atoms with Crippen LogP contribution in [0.1, 0.15) is 19.2 Å². The van der Waals surface area contributed by atoms with E-state index in [1.54, 1.807) is 17.1 Å². The zero-order valence-electron chi connectivity index (χ0n) is 10.2. The molecule has 6 nitrogen and oxygen atoms in total. The smallest absolute Gasteiger partial charge is 0.331 e. The van der Waals surface area contributed by atoms with Gasteiger partial charge in [-0.05, 0) is 6.42 Å². The molecule has 1 heterocycles. The fourth-order valence-corrected chi connectivity index (χ4v) is 1.38. The lowest BCUT2D eigenvalue weighted by Crippen LogP contribution is -2.18. The first-order chi connectivity index (χ1) is 8.13. The normalized spacial score (nSPS) is 11.8. The Morgan fingerprint density at radius 1 is 1.65 bits per heavy atom. The Morgan fingerprint density at radius 3 is 2.94 bits per heavy atom. The number of aromatic nitrogens is 3. The van der Waals surface area contributed by atoms with E-state index < -0.39 is 5.97 Å². The summed E-state index contributed by atoms with van der Waals surface area (Å²) in [5, 5.41) is 16.1. The van der Waals surface area contributed by atoms with Crippen molar-refractivity contribution in [3.8, 4) is 0 Å². The highest BCUT2D eigenvalue weighted by molar-refractivity contribution is 5.86. The Hall–Kier alpha value is -1.69. The summed E-state index contributed by atoms with van der Waals surface area (Å²) < 4.78 is 1.66. The lowest BCUT2D eigenvalue weighted by atomic mass is 10.2. The molecular formula is C11H18N4O2. The summed E-state index contributed by atoms with van der Waals surface area (Å²) in [6.07, 6.45) is 4.64. The molecular weight excluding hydrogens is 220 g/mol. The molecule has 0 fully saturated rings. The highest BCUT2D eigenvalue weighted by Gasteiger charge is 2.02. The monoisotopic (exact) mass is 238 g/mol. The van der Waals surface area contributed by atoms with Gasteiger partial charge in [0, 0.05) is 32.1 Å². The number of rotatable bonds is 7. The van der Waals surface area contributed by atoms with E-state index in [4.69, 9.17) is 5.11 Å². The van der Waals surface area contributed by atoms with Crippen molar-refractivity contribution >= 4 is 5.97 Å². The van der Waals surface area contributed by atoms with Gasteiger partial charge in [0.15, 0.2) is 5.82 Å². The average Bonchev–Trinajstić information content (AvgIpc) is 2.69. The second-order valence-electron chi connectivity index (χ2n) is 3.68. The predicted molar refractivity (Wildman–Crippen MR) is 63.6 cm³/mol. The minimum Gasteiger partial charge on any atom is -0.478 e. The Labute approximate surface area is 100 Å². The lowest BCUT2D eigenvalue weighted by molar-refractivity contribution is -0.132. The van der Waals surface area contributed by atoms with Gasteiger partial charge in [0.25, 0.3) is 0 Å². The highest BCUT2D eigenvalue weighted by atomic mass is 16.4. The number of carboxylic acid groups (broad SMARTS) is 1. The topological polar surface area (TPSA) is 80.0 Å². The Balaban J connectivity index is 2.22. The Kier molecular flexibility index (Phi) is 5.35. The third kappa shape index (κ3) is 4.78. The van der Waals surface area contributed by atoms with Crippen LogP contribution in [0.2, 0.25) is 0 Å². The molecule has 17 heavy (non-hydrogen) atoms. The zero-order chi connectivity index (χ0) is 12.7. The van der Waals surface area contributed by atoms with Gasteiger partial charge in [-0.15, -0.1) is 0 Å². The van der Waals surface area contributed by atoms with Crippen LogP contribution >= 0.6 is 0 Å². The third-order valence-corrected chi connectivity index (χ3v) is 2.32. The van der Waals surface area contributed by atoms with E-state index in [0.29, 0.717) is 18.5 Å². The molecule has 0 saturated carbocycles. The minimum absolute atomic E-state index is 0.438. The molecule has 0 bridgehead atoms. The molecule has 0 atom stereocenters. The van der Waals surface area contributed by atoms with Gasteiger partial charge in [-0.3, -0.25) is 4.68 Å². The average molecular weight is 238 g/mol. The number of hydrogen-bond acceptors (Lipinski definition) is 4. The highest BCUT2D eigenvalue weighted by Crippen LogP contribution is 1.98. The molecule has 1 rings (SSSR count). The van der Waals surface area contributed by atoms with Crippen molar-refractivity contribution in [2.45, 2.75) is 19.8 Å². The van der Waals surface area contributed by atoms with Crippen molar-refractivity contribution in [2.75, 3.05) is 13.1 Å². The molecule has 1 aromatic heterocycles. The van der Waals surface area contributed by atoms with Gasteiger partial charge in [0.2, 0.25) is 0 Å². The molecule has 6 heteroatoms. The molecule has 94 valence electrons. The van der Waals surface area contributed by atoms with Crippen molar-refractivity contribution in [2.24, 2.45) is 7.05 Å². The van der Waals surface area contributed by atoms with Crippen LogP contribution in [-0.4, -0.2) is 38.9 Å². The van der Waals surface area contributed by atoms with Crippen LogP contribution in [0.25, 0.3) is 0 Å². The summed E-state index contributed by atoms with van der Waals surface area (Å²) in [5.41, 5.74) is 0.438. The molecule has 0 saturated heterocycles. The van der Waals surface area contributed by atoms with E-state index in [0.717, 1.165) is 18.8 Å². The summed E-state index contributed by atoms with van der Waals surface area (Å²) in [6, 6.07) is 0. The van der Waals surface area contributed by atoms with Crippen molar-refractivity contribution in [1.29, 1.82) is 0 Å². The first-order valence-corrected chi connectivity index (χ1v) is 5.61. The van der Waals surface area contributed by atoms with Crippen LogP contribution in [0.5, 0.6) is 0 Å². The van der Waals surface area contributed by atoms with Crippen molar-refractivity contribution < 1.29 is 9.90 Å². The van der Waals surface area contributed by atoms with E-state index in [1.165, 1.54) is 0 Å². The van der Waals surface area contributed by atoms with Crippen molar-refractivity contribution in [3.63, 3.8) is 0 Å². The van der Waals surface area contributed by atoms with Crippen LogP contribution in [0, 0.1) is 0 Å². The largest absolute Gasteiger partial charge is 0.478 e. The number of carbonyl (C=O) groups is 1. The van der Waals surface area contributed by atoms with E-state index in [9.17, 15) is 4.79 Å². The molecule has 0 aliphatic carbocycles. The molecule has 2 N–H and O–H groups in total. The molecule has 0 aliphatic heterocycles. The molecule has 0 radical (unpaired) electrons. The van der Waals surface area contributed by atoms with Gasteiger partial charge in [-0.2, -0.15) is 5.10 Å². The summed E-state index contributed by atoms with van der Waals surface area (Å²) in [4.78, 5) is 14.8. The zero-order valence-corrected chi connectivity index (χ0v) is 10.2. The van der Waals surface area contributed by atoms with Gasteiger partial charge in [-0.1, -0.05) is 13.0 Å². The van der Waals surface area contributed by atoms with Gasteiger partial charge in [0.1, 0.15) is 6.33 Å². The maximum absolute atomic E-state index is 10.7. The third-order valence-electron chi connectivity index (χ3n) is 2.32. The molecule has 0 unspecified atom stereocenters. The van der Waals surface area contributed by atoms with Gasteiger partial charge in [0.05, 0.1) is 0 Å². The number of nitrogens with one attached hydrogen (secondary N) is 1. The number of nitrogens with zero attached hydrogens (tertiary/aromatic N) is 3. The van der Waals surface area contributed by atoms with E-state index in [-0.39, 0.29) is 0 Å². The quantitative estimate of drug-likeness (QED) is 0.530. The van der Waals surface area contributed by atoms with Gasteiger partial charge < -0.3 is 10.4 Å². The second-order valence-corrected chi connectivity index (χ2v) is 3.68. The van der Waals surface area contributed by atoms with Crippen LogP contribution in [-0.2, 0) is 18.3 Å². The molecule has 0 aromatic carbocycles. The van der Waals surface area contributed by atoms with Crippen LogP contribution in [0.3, 0.4) is 0 Å². The maximum atomic E-state index is 10.7. The molecule has 0 aliphatic rings. The van der Waals surface area contributed by atoms with Crippen molar-refractivity contribution in [1.82, 2.24) is 20.1 Å². The Bertz CT molecular complexity index is 398. The minimum atomic E-state index is -0.847. The predicted octanol–water partition coefficient (Wildman–Crippen LogP) is 0.368. The summed E-state index contributed by atoms with van der Waals surface area (Å²) in [6.45, 7) is 3.12. The van der Waals surface area contributed by atoms with Gasteiger partial charge in [-0.25, -0.2) is 9.78 Å². The summed E-state index contributed by atoms with van der Waals surface area (Å²) in [5.74, 6) is -0.0568. The van der Waals surface area contributed by atoms with E-state index >= 15 is 0 Å². The lowest BCUT2D eigenvalue weighted by Gasteiger charge is -2.00. The maximum Gasteiger partial charge on any atom is 0.331 e. The number of aryl methyl sites for hydroxylation is 1. The van der Waals surface area contributed by atoms with Crippen LogP contribution < -0.4 is 5.32 Å². The van der Waals surface area contributed by atoms with Crippen molar-refractivity contribution in [3.05, 3.63) is 23.8 Å². The fraction of sp³-hybridized carbons (Fsp3) is 0.545. The standard InChI is InChI=1S/C11H18N4O2/c1-3-9(11(16)17)4-6-12-7-5-10-13-8-15(2)14-10/h4,8,12H,3,5-7H2,1-2H3,(H,16,17). The summed E-state index contributed by atoms with van der Waals surface area (Å²) in [7, 11) is 1.83. The fourth-order valence-electron chi connectivity index (χ4n) is 1.38. The van der Waals surface area contributed by atoms with E-state index in [2.05, 4.69) is 15.4 Å². The first-order valence-electron chi connectivity index (χ1n) is 5.61. The molecule has 0 spiro atoms. The van der Waals surface area contributed by atoms with E-state index in [1.807, 2.05) is 14.0 Å². The summed E-state index contributed by atoms with van der Waals surface area (Å²) >= 11 is 0.